The summed E-state index contributed by atoms with van der Waals surface area (Å²) in [6, 6.07) is 0.361. The van der Waals surface area contributed by atoms with Gasteiger partial charge in [-0.2, -0.15) is 0 Å². The third-order valence-corrected chi connectivity index (χ3v) is 2.17. The summed E-state index contributed by atoms with van der Waals surface area (Å²) < 4.78 is 5.37. The van der Waals surface area contributed by atoms with Crippen LogP contribution in [0.5, 0.6) is 0 Å². The van der Waals surface area contributed by atoms with Crippen molar-refractivity contribution in [3.63, 3.8) is 0 Å². The molecule has 0 saturated heterocycles. The third-order valence-electron chi connectivity index (χ3n) is 2.17. The quantitative estimate of drug-likeness (QED) is 0.518. The van der Waals surface area contributed by atoms with Gasteiger partial charge in [0.25, 0.3) is 0 Å². The SMILES string of the molecule is CC(C)COCNC1CCC(=O)C1. The Balaban J connectivity index is 1.97. The molecule has 3 heteroatoms. The summed E-state index contributed by atoms with van der Waals surface area (Å²) in [7, 11) is 0. The average molecular weight is 185 g/mol. The van der Waals surface area contributed by atoms with Gasteiger partial charge in [-0.1, -0.05) is 13.8 Å². The molecular formula is C10H19NO2. The Labute approximate surface area is 79.8 Å². The van der Waals surface area contributed by atoms with Gasteiger partial charge in [0, 0.05) is 18.9 Å². The molecule has 1 aliphatic carbocycles. The van der Waals surface area contributed by atoms with Crippen LogP contribution in [0.3, 0.4) is 0 Å². The van der Waals surface area contributed by atoms with Crippen LogP contribution in [0.2, 0.25) is 0 Å². The lowest BCUT2D eigenvalue weighted by Crippen LogP contribution is -2.29. The average Bonchev–Trinajstić information content (AvgIpc) is 2.45. The smallest absolute Gasteiger partial charge is 0.134 e. The first-order valence-corrected chi connectivity index (χ1v) is 5.01. The number of carbonyl (C=O) groups excluding carboxylic acids is 1. The van der Waals surface area contributed by atoms with Crippen LogP contribution in [-0.4, -0.2) is 25.2 Å². The molecule has 0 aromatic carbocycles. The van der Waals surface area contributed by atoms with Crippen LogP contribution in [0, 0.1) is 5.92 Å². The van der Waals surface area contributed by atoms with Gasteiger partial charge >= 0.3 is 0 Å². The number of ketones is 1. The zero-order valence-electron chi connectivity index (χ0n) is 8.51. The van der Waals surface area contributed by atoms with Crippen molar-refractivity contribution in [1.82, 2.24) is 5.32 Å². The molecular weight excluding hydrogens is 166 g/mol. The molecule has 1 rings (SSSR count). The Kier molecular flexibility index (Phi) is 4.39. The largest absolute Gasteiger partial charge is 0.366 e. The van der Waals surface area contributed by atoms with Crippen LogP contribution in [0.25, 0.3) is 0 Å². The molecule has 1 aliphatic rings. The minimum absolute atomic E-state index is 0.361. The molecule has 0 spiro atoms. The molecule has 0 bridgehead atoms. The molecule has 76 valence electrons. The topological polar surface area (TPSA) is 38.3 Å². The van der Waals surface area contributed by atoms with Crippen molar-refractivity contribution in [2.75, 3.05) is 13.3 Å². The fourth-order valence-corrected chi connectivity index (χ4v) is 1.46. The molecule has 1 unspecified atom stereocenters. The zero-order valence-corrected chi connectivity index (χ0v) is 8.51. The van der Waals surface area contributed by atoms with E-state index in [9.17, 15) is 4.79 Å². The van der Waals surface area contributed by atoms with Crippen molar-refractivity contribution in [3.8, 4) is 0 Å². The van der Waals surface area contributed by atoms with Crippen molar-refractivity contribution in [2.24, 2.45) is 5.92 Å². The number of carbonyl (C=O) groups is 1. The summed E-state index contributed by atoms with van der Waals surface area (Å²) in [5.74, 6) is 0.952. The monoisotopic (exact) mass is 185 g/mol. The molecule has 0 aliphatic heterocycles. The van der Waals surface area contributed by atoms with E-state index in [1.165, 1.54) is 0 Å². The summed E-state index contributed by atoms with van der Waals surface area (Å²) in [4.78, 5) is 10.9. The van der Waals surface area contributed by atoms with Crippen molar-refractivity contribution in [2.45, 2.75) is 39.2 Å². The van der Waals surface area contributed by atoms with E-state index in [0.29, 0.717) is 30.9 Å². The lowest BCUT2D eigenvalue weighted by Gasteiger charge is -2.12. The van der Waals surface area contributed by atoms with E-state index in [-0.39, 0.29) is 0 Å². The van der Waals surface area contributed by atoms with Gasteiger partial charge < -0.3 is 4.74 Å². The van der Waals surface area contributed by atoms with Gasteiger partial charge in [-0.15, -0.1) is 0 Å². The molecule has 1 N–H and O–H groups in total. The highest BCUT2D eigenvalue weighted by atomic mass is 16.5. The highest BCUT2D eigenvalue weighted by Gasteiger charge is 2.20. The molecule has 0 aromatic rings. The number of nitrogens with one attached hydrogen (secondary N) is 1. The molecule has 0 radical (unpaired) electrons. The maximum Gasteiger partial charge on any atom is 0.134 e. The number of hydrogen-bond donors (Lipinski definition) is 1. The van der Waals surface area contributed by atoms with Crippen LogP contribution in [0.15, 0.2) is 0 Å². The Morgan fingerprint density at radius 3 is 2.92 bits per heavy atom. The second-order valence-electron chi connectivity index (χ2n) is 4.09. The maximum absolute atomic E-state index is 10.9. The van der Waals surface area contributed by atoms with Gasteiger partial charge in [0.15, 0.2) is 0 Å². The molecule has 1 fully saturated rings. The van der Waals surface area contributed by atoms with Crippen LogP contribution < -0.4 is 5.32 Å². The van der Waals surface area contributed by atoms with Gasteiger partial charge in [0.2, 0.25) is 0 Å². The summed E-state index contributed by atoms with van der Waals surface area (Å²) in [5, 5.41) is 3.22. The second-order valence-corrected chi connectivity index (χ2v) is 4.09. The van der Waals surface area contributed by atoms with Gasteiger partial charge in [-0.05, 0) is 12.3 Å². The van der Waals surface area contributed by atoms with E-state index in [1.807, 2.05) is 0 Å². The van der Waals surface area contributed by atoms with Crippen LogP contribution in [-0.2, 0) is 9.53 Å². The van der Waals surface area contributed by atoms with Gasteiger partial charge in [0.05, 0.1) is 13.3 Å². The Bertz CT molecular complexity index is 168. The summed E-state index contributed by atoms with van der Waals surface area (Å²) >= 11 is 0. The normalized spacial score (nSPS) is 23.0. The first kappa shape index (κ1) is 10.7. The highest BCUT2D eigenvalue weighted by molar-refractivity contribution is 5.81. The molecule has 1 saturated carbocycles. The molecule has 3 nitrogen and oxygen atoms in total. The first-order chi connectivity index (χ1) is 6.18. The fraction of sp³-hybridized carbons (Fsp3) is 0.900. The Morgan fingerprint density at radius 1 is 1.62 bits per heavy atom. The molecule has 13 heavy (non-hydrogen) atoms. The molecule has 0 amide bonds. The van der Waals surface area contributed by atoms with E-state index in [2.05, 4.69) is 19.2 Å². The minimum Gasteiger partial charge on any atom is -0.366 e. The van der Waals surface area contributed by atoms with Crippen molar-refractivity contribution < 1.29 is 9.53 Å². The standard InChI is InChI=1S/C10H19NO2/c1-8(2)6-13-7-11-9-3-4-10(12)5-9/h8-9,11H,3-7H2,1-2H3. The third kappa shape index (κ3) is 4.39. The summed E-state index contributed by atoms with van der Waals surface area (Å²) in [6.45, 7) is 5.61. The van der Waals surface area contributed by atoms with E-state index < -0.39 is 0 Å². The second kappa shape index (κ2) is 5.35. The van der Waals surface area contributed by atoms with Crippen LogP contribution in [0.1, 0.15) is 33.1 Å². The van der Waals surface area contributed by atoms with Crippen molar-refractivity contribution >= 4 is 5.78 Å². The van der Waals surface area contributed by atoms with E-state index in [1.54, 1.807) is 0 Å². The molecule has 0 heterocycles. The van der Waals surface area contributed by atoms with E-state index in [0.717, 1.165) is 19.4 Å². The Morgan fingerprint density at radius 2 is 2.38 bits per heavy atom. The fourth-order valence-electron chi connectivity index (χ4n) is 1.46. The first-order valence-electron chi connectivity index (χ1n) is 5.01. The van der Waals surface area contributed by atoms with Gasteiger partial charge in [-0.3, -0.25) is 10.1 Å². The molecule has 0 aromatic heterocycles. The summed E-state index contributed by atoms with van der Waals surface area (Å²) in [6.07, 6.45) is 2.40. The minimum atomic E-state index is 0.361. The highest BCUT2D eigenvalue weighted by Crippen LogP contribution is 2.13. The Hall–Kier alpha value is -0.410. The van der Waals surface area contributed by atoms with Crippen LogP contribution >= 0.6 is 0 Å². The van der Waals surface area contributed by atoms with Gasteiger partial charge in [0.1, 0.15) is 5.78 Å². The maximum atomic E-state index is 10.9. The lowest BCUT2D eigenvalue weighted by molar-refractivity contribution is -0.117. The summed E-state index contributed by atoms with van der Waals surface area (Å²) in [5.41, 5.74) is 0. The van der Waals surface area contributed by atoms with E-state index in [4.69, 9.17) is 4.74 Å². The van der Waals surface area contributed by atoms with Crippen molar-refractivity contribution in [3.05, 3.63) is 0 Å². The van der Waals surface area contributed by atoms with Crippen molar-refractivity contribution in [1.29, 1.82) is 0 Å². The number of rotatable bonds is 5. The zero-order chi connectivity index (χ0) is 9.68. The lowest BCUT2D eigenvalue weighted by atomic mass is 10.2. The van der Waals surface area contributed by atoms with Crippen LogP contribution in [0.4, 0.5) is 0 Å². The predicted octanol–water partition coefficient (Wildman–Crippen LogP) is 1.33. The van der Waals surface area contributed by atoms with E-state index >= 15 is 0 Å². The molecule has 1 atom stereocenters. The number of Topliss-reactive ketones (excluding diaryl/α,β-unsaturated/α-hetero) is 1. The predicted molar refractivity (Wildman–Crippen MR) is 51.4 cm³/mol. The van der Waals surface area contributed by atoms with Gasteiger partial charge in [-0.25, -0.2) is 0 Å². The number of hydrogen-bond acceptors (Lipinski definition) is 3. The number of ether oxygens (including phenoxy) is 1.